The molecular weight excluding hydrogens is 338 g/mol. The van der Waals surface area contributed by atoms with Crippen molar-refractivity contribution in [3.05, 3.63) is 70.7 Å². The zero-order valence-electron chi connectivity index (χ0n) is 13.6. The Morgan fingerprint density at radius 3 is 2.64 bits per heavy atom. The number of carbonyl (C=O) groups is 2. The lowest BCUT2D eigenvalue weighted by Crippen LogP contribution is -2.36. The van der Waals surface area contributed by atoms with Crippen LogP contribution in [0.15, 0.2) is 59.7 Å². The molecule has 6 heteroatoms. The van der Waals surface area contributed by atoms with Gasteiger partial charge in [0.1, 0.15) is 6.54 Å². The van der Waals surface area contributed by atoms with Crippen molar-refractivity contribution in [3.63, 3.8) is 0 Å². The van der Waals surface area contributed by atoms with Crippen LogP contribution in [0.1, 0.15) is 23.5 Å². The molecule has 25 heavy (non-hydrogen) atoms. The average molecular weight is 356 g/mol. The first-order valence-corrected chi connectivity index (χ1v) is 8.40. The molecule has 1 fully saturated rings. The summed E-state index contributed by atoms with van der Waals surface area (Å²) in [6.07, 6.45) is 1.97. The van der Waals surface area contributed by atoms with Crippen molar-refractivity contribution in [1.82, 2.24) is 10.3 Å². The summed E-state index contributed by atoms with van der Waals surface area (Å²) in [6.45, 7) is 0.567. The van der Waals surface area contributed by atoms with E-state index in [2.05, 4.69) is 10.5 Å². The van der Waals surface area contributed by atoms with Crippen LogP contribution in [0, 0.1) is 0 Å². The van der Waals surface area contributed by atoms with E-state index in [-0.39, 0.29) is 24.3 Å². The topological polar surface area (TPSA) is 61.8 Å². The predicted molar refractivity (Wildman–Crippen MR) is 97.6 cm³/mol. The van der Waals surface area contributed by atoms with Gasteiger partial charge in [-0.1, -0.05) is 54.1 Å². The molecule has 1 saturated heterocycles. The highest BCUT2D eigenvalue weighted by molar-refractivity contribution is 6.30. The van der Waals surface area contributed by atoms with Crippen LogP contribution < -0.4 is 5.43 Å². The molecule has 5 nitrogen and oxygen atoms in total. The van der Waals surface area contributed by atoms with Crippen LogP contribution >= 0.6 is 11.6 Å². The molecule has 0 aliphatic carbocycles. The van der Waals surface area contributed by atoms with Gasteiger partial charge >= 0.3 is 0 Å². The fourth-order valence-corrected chi connectivity index (χ4v) is 2.94. The lowest BCUT2D eigenvalue weighted by Gasteiger charge is -2.15. The Hall–Kier alpha value is -2.66. The van der Waals surface area contributed by atoms with Crippen LogP contribution in [0.2, 0.25) is 5.02 Å². The van der Waals surface area contributed by atoms with Gasteiger partial charge in [0.25, 0.3) is 5.91 Å². The fourth-order valence-electron chi connectivity index (χ4n) is 2.81. The Bertz CT molecular complexity index is 775. The first kappa shape index (κ1) is 17.2. The van der Waals surface area contributed by atoms with E-state index >= 15 is 0 Å². The van der Waals surface area contributed by atoms with E-state index in [0.717, 1.165) is 11.1 Å². The van der Waals surface area contributed by atoms with Crippen molar-refractivity contribution in [2.45, 2.75) is 12.3 Å². The molecule has 1 aliphatic rings. The third-order valence-electron chi connectivity index (χ3n) is 4.09. The van der Waals surface area contributed by atoms with E-state index < -0.39 is 0 Å². The van der Waals surface area contributed by atoms with E-state index in [1.54, 1.807) is 29.2 Å². The van der Waals surface area contributed by atoms with Crippen LogP contribution in [0.25, 0.3) is 0 Å². The molecule has 0 aromatic heterocycles. The lowest BCUT2D eigenvalue weighted by atomic mass is 9.99. The smallest absolute Gasteiger partial charge is 0.259 e. The molecule has 1 atom stereocenters. The molecule has 1 aliphatic heterocycles. The van der Waals surface area contributed by atoms with Gasteiger partial charge in [-0.3, -0.25) is 9.59 Å². The van der Waals surface area contributed by atoms with E-state index in [0.29, 0.717) is 18.0 Å². The summed E-state index contributed by atoms with van der Waals surface area (Å²) < 4.78 is 0. The number of amides is 2. The first-order chi connectivity index (χ1) is 12.1. The number of likely N-dealkylation sites (tertiary alicyclic amines) is 1. The van der Waals surface area contributed by atoms with Gasteiger partial charge in [-0.2, -0.15) is 5.10 Å². The van der Waals surface area contributed by atoms with Gasteiger partial charge in [-0.15, -0.1) is 0 Å². The highest BCUT2D eigenvalue weighted by Gasteiger charge is 2.31. The highest BCUT2D eigenvalue weighted by atomic mass is 35.5. The molecule has 0 bridgehead atoms. The number of hydrazone groups is 1. The molecule has 1 N–H and O–H groups in total. The second-order valence-corrected chi connectivity index (χ2v) is 6.37. The van der Waals surface area contributed by atoms with Crippen molar-refractivity contribution in [2.75, 3.05) is 13.1 Å². The maximum absolute atomic E-state index is 12.1. The first-order valence-electron chi connectivity index (χ1n) is 8.02. The zero-order chi connectivity index (χ0) is 17.6. The van der Waals surface area contributed by atoms with E-state index in [9.17, 15) is 9.59 Å². The summed E-state index contributed by atoms with van der Waals surface area (Å²) >= 11 is 5.81. The summed E-state index contributed by atoms with van der Waals surface area (Å²) in [5.41, 5.74) is 4.40. The Morgan fingerprint density at radius 2 is 1.92 bits per heavy atom. The number of benzene rings is 2. The number of hydrogen-bond acceptors (Lipinski definition) is 3. The van der Waals surface area contributed by atoms with Gasteiger partial charge < -0.3 is 4.90 Å². The van der Waals surface area contributed by atoms with Crippen LogP contribution in [-0.2, 0) is 9.59 Å². The molecule has 2 amide bonds. The number of nitrogens with one attached hydrogen (secondary N) is 1. The minimum Gasteiger partial charge on any atom is -0.333 e. The van der Waals surface area contributed by atoms with Gasteiger partial charge in [0, 0.05) is 23.9 Å². The molecule has 0 saturated carbocycles. The largest absolute Gasteiger partial charge is 0.333 e. The predicted octanol–water partition coefficient (Wildman–Crippen LogP) is 2.81. The Morgan fingerprint density at radius 1 is 1.20 bits per heavy atom. The van der Waals surface area contributed by atoms with Crippen LogP contribution in [0.5, 0.6) is 0 Å². The molecule has 2 aromatic carbocycles. The fraction of sp³-hybridized carbons (Fsp3) is 0.211. The van der Waals surface area contributed by atoms with Crippen molar-refractivity contribution in [1.29, 1.82) is 0 Å². The number of halogens is 1. The summed E-state index contributed by atoms with van der Waals surface area (Å²) in [4.78, 5) is 25.7. The molecule has 0 spiro atoms. The van der Waals surface area contributed by atoms with Crippen LogP contribution in [0.3, 0.4) is 0 Å². The summed E-state index contributed by atoms with van der Waals surface area (Å²) in [7, 11) is 0. The standard InChI is InChI=1S/C19H18ClN3O2/c20-17-8-6-14(7-9-17)11-21-22-18(24)13-23-12-16(10-19(23)25)15-4-2-1-3-5-15/h1-9,11,16H,10,12-13H2,(H,22,24)/b21-11+. The molecule has 2 aromatic rings. The van der Waals surface area contributed by atoms with Gasteiger partial charge in [0.15, 0.2) is 0 Å². The van der Waals surface area contributed by atoms with Crippen LogP contribution in [-0.4, -0.2) is 36.0 Å². The average Bonchev–Trinajstić information content (AvgIpc) is 2.98. The molecule has 1 heterocycles. The van der Waals surface area contributed by atoms with Gasteiger partial charge in [-0.05, 0) is 23.3 Å². The van der Waals surface area contributed by atoms with Crippen molar-refractivity contribution in [3.8, 4) is 0 Å². The second kappa shape index (κ2) is 7.94. The molecular formula is C19H18ClN3O2. The number of rotatable bonds is 5. The Labute approximate surface area is 151 Å². The highest BCUT2D eigenvalue weighted by Crippen LogP contribution is 2.27. The lowest BCUT2D eigenvalue weighted by molar-refractivity contribution is -0.133. The molecule has 0 radical (unpaired) electrons. The maximum atomic E-state index is 12.1. The number of hydrogen-bond donors (Lipinski definition) is 1. The Kier molecular flexibility index (Phi) is 5.46. The minimum absolute atomic E-state index is 0.00863. The van der Waals surface area contributed by atoms with Gasteiger partial charge in [-0.25, -0.2) is 5.43 Å². The summed E-state index contributed by atoms with van der Waals surface area (Å²) in [5.74, 6) is -0.183. The SMILES string of the molecule is O=C(CN1CC(c2ccccc2)CC1=O)N/N=C/c1ccc(Cl)cc1. The van der Waals surface area contributed by atoms with E-state index in [4.69, 9.17) is 11.6 Å². The van der Waals surface area contributed by atoms with Gasteiger partial charge in [0.2, 0.25) is 5.91 Å². The Balaban J connectivity index is 1.51. The maximum Gasteiger partial charge on any atom is 0.259 e. The van der Waals surface area contributed by atoms with Gasteiger partial charge in [0.05, 0.1) is 6.21 Å². The second-order valence-electron chi connectivity index (χ2n) is 5.93. The monoisotopic (exact) mass is 355 g/mol. The number of carbonyl (C=O) groups excluding carboxylic acids is 2. The van der Waals surface area contributed by atoms with Crippen molar-refractivity contribution in [2.24, 2.45) is 5.10 Å². The third kappa shape index (κ3) is 4.67. The number of nitrogens with zero attached hydrogens (tertiary/aromatic N) is 2. The van der Waals surface area contributed by atoms with E-state index in [1.165, 1.54) is 6.21 Å². The molecule has 3 rings (SSSR count). The quantitative estimate of drug-likeness (QED) is 0.662. The van der Waals surface area contributed by atoms with E-state index in [1.807, 2.05) is 30.3 Å². The normalized spacial score (nSPS) is 17.2. The summed E-state index contributed by atoms with van der Waals surface area (Å²) in [6, 6.07) is 17.0. The van der Waals surface area contributed by atoms with Crippen LogP contribution in [0.4, 0.5) is 0 Å². The van der Waals surface area contributed by atoms with Crippen molar-refractivity contribution >= 4 is 29.6 Å². The minimum atomic E-state index is -0.313. The molecule has 1 unspecified atom stereocenters. The zero-order valence-corrected chi connectivity index (χ0v) is 14.3. The summed E-state index contributed by atoms with van der Waals surface area (Å²) in [5, 5.41) is 4.55. The third-order valence-corrected chi connectivity index (χ3v) is 4.34. The van der Waals surface area contributed by atoms with Crippen molar-refractivity contribution < 1.29 is 9.59 Å². The molecule has 128 valence electrons.